The normalized spacial score (nSPS) is 28.0. The van der Waals surface area contributed by atoms with Gasteiger partial charge in [0.25, 0.3) is 5.91 Å². The largest absolute Gasteiger partial charge is 0.396 e. The molecular weight excluding hydrogens is 298 g/mol. The van der Waals surface area contributed by atoms with Crippen LogP contribution in [0.5, 0.6) is 0 Å². The van der Waals surface area contributed by atoms with Crippen LogP contribution in [-0.4, -0.2) is 47.8 Å². The third-order valence-corrected chi connectivity index (χ3v) is 5.89. The fraction of sp³-hybridized carbons (Fsp3) is 0.471. The predicted molar refractivity (Wildman–Crippen MR) is 86.2 cm³/mol. The van der Waals surface area contributed by atoms with E-state index in [1.807, 2.05) is 29.2 Å². The molecule has 1 N–H and O–H groups in total. The van der Waals surface area contributed by atoms with Crippen LogP contribution in [0.15, 0.2) is 30.3 Å². The van der Waals surface area contributed by atoms with Crippen LogP contribution >= 0.6 is 11.3 Å². The van der Waals surface area contributed by atoms with Crippen molar-refractivity contribution >= 4 is 27.3 Å². The maximum Gasteiger partial charge on any atom is 0.264 e. The molecule has 116 valence electrons. The molecule has 1 amide bonds. The minimum atomic E-state index is 0.0872. The number of aliphatic hydroxyl groups excluding tert-OH is 1. The molecule has 3 atom stereocenters. The standard InChI is InChI=1S/C17H19NO3S/c19-10-11-7-13-14(8-11)21-6-5-18(13)17(20)16-9-12-3-1-2-4-15(12)22-16/h1-4,9,11,13-14,19H,5-8,10H2/t11-,13+,14?/m1/s1. The van der Waals surface area contributed by atoms with Crippen LogP contribution < -0.4 is 0 Å². The summed E-state index contributed by atoms with van der Waals surface area (Å²) in [6, 6.07) is 10.2. The second-order valence-electron chi connectivity index (χ2n) is 6.14. The van der Waals surface area contributed by atoms with Gasteiger partial charge in [-0.2, -0.15) is 0 Å². The topological polar surface area (TPSA) is 49.8 Å². The van der Waals surface area contributed by atoms with Gasteiger partial charge in [-0.15, -0.1) is 11.3 Å². The van der Waals surface area contributed by atoms with Crippen LogP contribution in [-0.2, 0) is 4.74 Å². The summed E-state index contributed by atoms with van der Waals surface area (Å²) in [4.78, 5) is 15.7. The molecule has 2 aliphatic rings. The SMILES string of the molecule is O=C(c1cc2ccccc2s1)N1CCOC2C[C@H](CO)C[C@@H]21. The molecule has 4 nitrogen and oxygen atoms in total. The molecular formula is C17H19NO3S. The molecule has 0 radical (unpaired) electrons. The number of ether oxygens (including phenoxy) is 1. The molecule has 1 aliphatic carbocycles. The number of hydrogen-bond donors (Lipinski definition) is 1. The summed E-state index contributed by atoms with van der Waals surface area (Å²) in [5, 5.41) is 10.5. The molecule has 22 heavy (non-hydrogen) atoms. The highest BCUT2D eigenvalue weighted by atomic mass is 32.1. The number of carbonyl (C=O) groups excluding carboxylic acids is 1. The van der Waals surface area contributed by atoms with Crippen LogP contribution in [0.3, 0.4) is 0 Å². The van der Waals surface area contributed by atoms with Gasteiger partial charge in [0.05, 0.1) is 23.6 Å². The van der Waals surface area contributed by atoms with Gasteiger partial charge in [-0.25, -0.2) is 0 Å². The number of benzene rings is 1. The maximum absolute atomic E-state index is 12.9. The summed E-state index contributed by atoms with van der Waals surface area (Å²) in [7, 11) is 0. The lowest BCUT2D eigenvalue weighted by atomic mass is 10.1. The van der Waals surface area contributed by atoms with Crippen molar-refractivity contribution in [2.75, 3.05) is 19.8 Å². The molecule has 5 heteroatoms. The van der Waals surface area contributed by atoms with Gasteiger partial charge in [-0.05, 0) is 36.3 Å². The zero-order valence-electron chi connectivity index (χ0n) is 12.3. The number of hydrogen-bond acceptors (Lipinski definition) is 4. The molecule has 2 heterocycles. The maximum atomic E-state index is 12.9. The van der Waals surface area contributed by atoms with Gasteiger partial charge in [0, 0.05) is 17.9 Å². The highest BCUT2D eigenvalue weighted by Gasteiger charge is 2.42. The number of nitrogens with zero attached hydrogens (tertiary/aromatic N) is 1. The summed E-state index contributed by atoms with van der Waals surface area (Å²) in [5.74, 6) is 0.365. The molecule has 1 aromatic heterocycles. The van der Waals surface area contributed by atoms with Crippen molar-refractivity contribution in [2.24, 2.45) is 5.92 Å². The van der Waals surface area contributed by atoms with Crippen LogP contribution in [0, 0.1) is 5.92 Å². The number of thiophene rings is 1. The number of aliphatic hydroxyl groups is 1. The van der Waals surface area contributed by atoms with E-state index in [0.29, 0.717) is 13.2 Å². The Morgan fingerprint density at radius 1 is 1.36 bits per heavy atom. The Labute approximate surface area is 133 Å². The van der Waals surface area contributed by atoms with Crippen molar-refractivity contribution in [3.63, 3.8) is 0 Å². The van der Waals surface area contributed by atoms with Crippen molar-refractivity contribution in [3.8, 4) is 0 Å². The molecule has 1 saturated heterocycles. The first-order chi connectivity index (χ1) is 10.8. The second-order valence-corrected chi connectivity index (χ2v) is 7.23. The van der Waals surface area contributed by atoms with Crippen molar-refractivity contribution in [3.05, 3.63) is 35.2 Å². The van der Waals surface area contributed by atoms with Gasteiger partial charge in [0.1, 0.15) is 0 Å². The molecule has 1 aliphatic heterocycles. The highest BCUT2D eigenvalue weighted by Crippen LogP contribution is 2.36. The monoisotopic (exact) mass is 317 g/mol. The van der Waals surface area contributed by atoms with Crippen molar-refractivity contribution in [1.29, 1.82) is 0 Å². The fourth-order valence-corrected chi connectivity index (χ4v) is 4.70. The van der Waals surface area contributed by atoms with E-state index in [0.717, 1.165) is 27.8 Å². The number of morpholine rings is 1. The van der Waals surface area contributed by atoms with Crippen molar-refractivity contribution < 1.29 is 14.6 Å². The van der Waals surface area contributed by atoms with Gasteiger partial charge in [-0.1, -0.05) is 18.2 Å². The summed E-state index contributed by atoms with van der Waals surface area (Å²) in [5.41, 5.74) is 0. The van der Waals surface area contributed by atoms with Crippen LogP contribution in [0.1, 0.15) is 22.5 Å². The van der Waals surface area contributed by atoms with E-state index in [4.69, 9.17) is 4.74 Å². The Bertz CT molecular complexity index is 665. The molecule has 2 aromatic rings. The Kier molecular flexibility index (Phi) is 3.64. The molecule has 0 spiro atoms. The second kappa shape index (κ2) is 5.65. The van der Waals surface area contributed by atoms with E-state index < -0.39 is 0 Å². The first kappa shape index (κ1) is 14.2. The van der Waals surface area contributed by atoms with E-state index >= 15 is 0 Å². The van der Waals surface area contributed by atoms with Gasteiger partial charge in [0.2, 0.25) is 0 Å². The zero-order valence-corrected chi connectivity index (χ0v) is 13.1. The van der Waals surface area contributed by atoms with Crippen molar-refractivity contribution in [1.82, 2.24) is 4.90 Å². The van der Waals surface area contributed by atoms with Gasteiger partial charge in [0.15, 0.2) is 0 Å². The quantitative estimate of drug-likeness (QED) is 0.926. The number of rotatable bonds is 2. The third kappa shape index (κ3) is 2.33. The average molecular weight is 317 g/mol. The summed E-state index contributed by atoms with van der Waals surface area (Å²) < 4.78 is 6.96. The van der Waals surface area contributed by atoms with E-state index in [2.05, 4.69) is 6.07 Å². The number of carbonyl (C=O) groups is 1. The van der Waals surface area contributed by atoms with E-state index in [1.54, 1.807) is 11.3 Å². The predicted octanol–water partition coefficient (Wildman–Crippen LogP) is 2.51. The fourth-order valence-electron chi connectivity index (χ4n) is 3.68. The molecule has 2 fully saturated rings. The smallest absolute Gasteiger partial charge is 0.264 e. The number of fused-ring (bicyclic) bond motifs is 2. The minimum Gasteiger partial charge on any atom is -0.396 e. The average Bonchev–Trinajstić information content (AvgIpc) is 3.16. The zero-order chi connectivity index (χ0) is 15.1. The minimum absolute atomic E-state index is 0.0872. The Morgan fingerprint density at radius 2 is 2.23 bits per heavy atom. The third-order valence-electron chi connectivity index (χ3n) is 4.79. The first-order valence-electron chi connectivity index (χ1n) is 7.78. The summed E-state index contributed by atoms with van der Waals surface area (Å²) in [6.07, 6.45) is 1.79. The van der Waals surface area contributed by atoms with Crippen molar-refractivity contribution in [2.45, 2.75) is 25.0 Å². The lowest BCUT2D eigenvalue weighted by molar-refractivity contribution is -0.0447. The van der Waals surface area contributed by atoms with Gasteiger partial charge < -0.3 is 14.7 Å². The molecule has 0 bridgehead atoms. The van der Waals surface area contributed by atoms with E-state index in [-0.39, 0.29) is 30.6 Å². The van der Waals surface area contributed by atoms with Gasteiger partial charge in [-0.3, -0.25) is 4.79 Å². The summed E-state index contributed by atoms with van der Waals surface area (Å²) in [6.45, 7) is 1.42. The Balaban J connectivity index is 1.61. The van der Waals surface area contributed by atoms with Gasteiger partial charge >= 0.3 is 0 Å². The lowest BCUT2D eigenvalue weighted by Gasteiger charge is -2.37. The molecule has 1 saturated carbocycles. The van der Waals surface area contributed by atoms with Crippen LogP contribution in [0.2, 0.25) is 0 Å². The molecule has 1 unspecified atom stereocenters. The lowest BCUT2D eigenvalue weighted by Crippen LogP contribution is -2.51. The van der Waals surface area contributed by atoms with E-state index in [1.165, 1.54) is 0 Å². The van der Waals surface area contributed by atoms with E-state index in [9.17, 15) is 9.90 Å². The Morgan fingerprint density at radius 3 is 3.05 bits per heavy atom. The number of amides is 1. The molecule has 4 rings (SSSR count). The molecule has 1 aromatic carbocycles. The highest BCUT2D eigenvalue weighted by molar-refractivity contribution is 7.20. The summed E-state index contributed by atoms with van der Waals surface area (Å²) >= 11 is 1.56. The van der Waals surface area contributed by atoms with Crippen LogP contribution in [0.4, 0.5) is 0 Å². The van der Waals surface area contributed by atoms with Crippen LogP contribution in [0.25, 0.3) is 10.1 Å². The Hall–Kier alpha value is -1.43. The first-order valence-corrected chi connectivity index (χ1v) is 8.60.